The fourth-order valence-corrected chi connectivity index (χ4v) is 2.99. The van der Waals surface area contributed by atoms with Gasteiger partial charge in [0.05, 0.1) is 18.8 Å². The zero-order valence-electron chi connectivity index (χ0n) is 14.8. The summed E-state index contributed by atoms with van der Waals surface area (Å²) in [7, 11) is 0. The topological polar surface area (TPSA) is 54.5 Å². The fourth-order valence-electron chi connectivity index (χ4n) is 2.99. The van der Waals surface area contributed by atoms with Crippen LogP contribution < -0.4 is 5.32 Å². The Bertz CT molecular complexity index is 686. The first-order valence-electron chi connectivity index (χ1n) is 8.77. The van der Waals surface area contributed by atoms with Gasteiger partial charge in [-0.15, -0.1) is 0 Å². The van der Waals surface area contributed by atoms with Crippen LogP contribution >= 0.6 is 0 Å². The van der Waals surface area contributed by atoms with E-state index in [4.69, 9.17) is 4.74 Å². The molecule has 1 aromatic carbocycles. The highest BCUT2D eigenvalue weighted by Crippen LogP contribution is 2.23. The third kappa shape index (κ3) is 4.44. The number of nitrogens with one attached hydrogen (secondary N) is 1. The van der Waals surface area contributed by atoms with Gasteiger partial charge in [0.1, 0.15) is 0 Å². The summed E-state index contributed by atoms with van der Waals surface area (Å²) in [5.41, 5.74) is 2.85. The third-order valence-electron chi connectivity index (χ3n) is 4.36. The summed E-state index contributed by atoms with van der Waals surface area (Å²) in [6.45, 7) is 6.84. The number of piperazine rings is 1. The molecule has 132 valence electrons. The molecule has 1 aliphatic heterocycles. The van der Waals surface area contributed by atoms with Crippen LogP contribution in [0, 0.1) is 0 Å². The maximum atomic E-state index is 13.0. The van der Waals surface area contributed by atoms with Gasteiger partial charge in [-0.2, -0.15) is 0 Å². The van der Waals surface area contributed by atoms with Crippen molar-refractivity contribution in [3.05, 3.63) is 65.5 Å². The molecule has 5 nitrogen and oxygen atoms in total. The van der Waals surface area contributed by atoms with E-state index in [9.17, 15) is 4.79 Å². The summed E-state index contributed by atoms with van der Waals surface area (Å²) in [5, 5.41) is 3.37. The number of amides is 1. The van der Waals surface area contributed by atoms with Gasteiger partial charge >= 0.3 is 0 Å². The summed E-state index contributed by atoms with van der Waals surface area (Å²) in [4.78, 5) is 19.1. The van der Waals surface area contributed by atoms with Crippen LogP contribution in [0.3, 0.4) is 0 Å². The highest BCUT2D eigenvalue weighted by molar-refractivity contribution is 5.94. The Morgan fingerprint density at radius 1 is 1.32 bits per heavy atom. The third-order valence-corrected chi connectivity index (χ3v) is 4.36. The largest absolute Gasteiger partial charge is 0.374 e. The Hall–Kier alpha value is -2.24. The van der Waals surface area contributed by atoms with Gasteiger partial charge in [-0.25, -0.2) is 0 Å². The first-order chi connectivity index (χ1) is 12.1. The Balaban J connectivity index is 1.74. The number of carbonyl (C=O) groups is 1. The van der Waals surface area contributed by atoms with Gasteiger partial charge in [0.25, 0.3) is 5.91 Å². The highest BCUT2D eigenvalue weighted by atomic mass is 16.5. The predicted molar refractivity (Wildman–Crippen MR) is 97.3 cm³/mol. The van der Waals surface area contributed by atoms with E-state index in [1.165, 1.54) is 0 Å². The minimum Gasteiger partial charge on any atom is -0.374 e. The van der Waals surface area contributed by atoms with Crippen molar-refractivity contribution < 1.29 is 9.53 Å². The van der Waals surface area contributed by atoms with Crippen LogP contribution in [0.2, 0.25) is 0 Å². The molecule has 1 fully saturated rings. The maximum Gasteiger partial charge on any atom is 0.254 e. The number of pyridine rings is 1. The van der Waals surface area contributed by atoms with Crippen molar-refractivity contribution in [1.82, 2.24) is 15.2 Å². The molecule has 0 radical (unpaired) electrons. The quantitative estimate of drug-likeness (QED) is 0.910. The van der Waals surface area contributed by atoms with Crippen LogP contribution in [0.5, 0.6) is 0 Å². The average Bonchev–Trinajstić information content (AvgIpc) is 2.67. The van der Waals surface area contributed by atoms with Crippen LogP contribution in [-0.2, 0) is 11.3 Å². The maximum absolute atomic E-state index is 13.0. The smallest absolute Gasteiger partial charge is 0.254 e. The normalized spacial score (nSPS) is 17.7. The number of nitrogens with zero attached hydrogens (tertiary/aromatic N) is 2. The van der Waals surface area contributed by atoms with E-state index in [2.05, 4.69) is 10.3 Å². The molecule has 25 heavy (non-hydrogen) atoms. The van der Waals surface area contributed by atoms with Gasteiger partial charge in [-0.1, -0.05) is 18.2 Å². The van der Waals surface area contributed by atoms with Crippen LogP contribution in [0.25, 0.3) is 0 Å². The average molecular weight is 339 g/mol. The highest BCUT2D eigenvalue weighted by Gasteiger charge is 2.28. The van der Waals surface area contributed by atoms with Gasteiger partial charge in [0, 0.05) is 37.6 Å². The summed E-state index contributed by atoms with van der Waals surface area (Å²) < 4.78 is 5.61. The van der Waals surface area contributed by atoms with Gasteiger partial charge in [0.15, 0.2) is 0 Å². The molecule has 3 rings (SSSR count). The molecule has 0 saturated carbocycles. The number of aromatic nitrogens is 1. The number of benzene rings is 1. The molecule has 2 heterocycles. The molecule has 1 N–H and O–H groups in total. The molecule has 1 unspecified atom stereocenters. The zero-order chi connectivity index (χ0) is 17.6. The number of carbonyl (C=O) groups excluding carboxylic acids is 1. The van der Waals surface area contributed by atoms with E-state index < -0.39 is 0 Å². The van der Waals surface area contributed by atoms with E-state index >= 15 is 0 Å². The lowest BCUT2D eigenvalue weighted by atomic mass is 10.0. The molecule has 1 saturated heterocycles. The number of rotatable bonds is 5. The number of ether oxygens (including phenoxy) is 1. The van der Waals surface area contributed by atoms with Gasteiger partial charge in [-0.3, -0.25) is 9.78 Å². The molecule has 1 amide bonds. The number of hydrogen-bond acceptors (Lipinski definition) is 4. The SMILES string of the molecule is CC(C)OCc1ccc(C(=O)N2CCNCC2c2cccnc2)cc1. The Labute approximate surface area is 149 Å². The van der Waals surface area contributed by atoms with Gasteiger partial charge in [0.2, 0.25) is 0 Å². The lowest BCUT2D eigenvalue weighted by Gasteiger charge is -2.36. The predicted octanol–water partition coefficient (Wildman–Crippen LogP) is 2.79. The van der Waals surface area contributed by atoms with Gasteiger partial charge in [-0.05, 0) is 43.2 Å². The zero-order valence-corrected chi connectivity index (χ0v) is 14.8. The van der Waals surface area contributed by atoms with E-state index in [1.54, 1.807) is 6.20 Å². The van der Waals surface area contributed by atoms with Crippen molar-refractivity contribution in [2.75, 3.05) is 19.6 Å². The van der Waals surface area contributed by atoms with Gasteiger partial charge < -0.3 is 15.0 Å². The van der Waals surface area contributed by atoms with Crippen molar-refractivity contribution in [3.63, 3.8) is 0 Å². The summed E-state index contributed by atoms with van der Waals surface area (Å²) in [5.74, 6) is 0.0617. The van der Waals surface area contributed by atoms with Crippen LogP contribution in [0.15, 0.2) is 48.8 Å². The Morgan fingerprint density at radius 3 is 2.80 bits per heavy atom. The second-order valence-electron chi connectivity index (χ2n) is 6.56. The monoisotopic (exact) mass is 339 g/mol. The molecular weight excluding hydrogens is 314 g/mol. The van der Waals surface area contributed by atoms with Crippen LogP contribution in [0.4, 0.5) is 0 Å². The second-order valence-corrected chi connectivity index (χ2v) is 6.56. The minimum absolute atomic E-state index is 0.0129. The fraction of sp³-hybridized carbons (Fsp3) is 0.400. The van der Waals surface area contributed by atoms with Crippen molar-refractivity contribution in [2.24, 2.45) is 0 Å². The van der Waals surface area contributed by atoms with Crippen molar-refractivity contribution in [3.8, 4) is 0 Å². The molecule has 1 atom stereocenters. The molecule has 0 bridgehead atoms. The summed E-state index contributed by atoms with van der Waals surface area (Å²) in [6.07, 6.45) is 3.79. The molecular formula is C20H25N3O2. The second kappa shape index (κ2) is 8.23. The molecule has 0 aliphatic carbocycles. The van der Waals surface area contributed by atoms with Crippen LogP contribution in [-0.4, -0.2) is 41.5 Å². The Kier molecular flexibility index (Phi) is 5.79. The standard InChI is InChI=1S/C20H25N3O2/c1-15(2)25-14-16-5-7-17(8-6-16)20(24)23-11-10-22-13-19(23)18-4-3-9-21-12-18/h3-9,12,15,19,22H,10-11,13-14H2,1-2H3. The van der Waals surface area contributed by atoms with E-state index in [0.717, 1.165) is 24.2 Å². The molecule has 2 aromatic rings. The van der Waals surface area contributed by atoms with Crippen LogP contribution in [0.1, 0.15) is 41.4 Å². The van der Waals surface area contributed by atoms with Crippen molar-refractivity contribution in [2.45, 2.75) is 32.6 Å². The minimum atomic E-state index is 0.0129. The lowest BCUT2D eigenvalue weighted by Crippen LogP contribution is -2.48. The molecule has 0 spiro atoms. The molecule has 5 heteroatoms. The Morgan fingerprint density at radius 2 is 2.12 bits per heavy atom. The molecule has 1 aromatic heterocycles. The lowest BCUT2D eigenvalue weighted by molar-refractivity contribution is 0.0629. The van der Waals surface area contributed by atoms with Crippen molar-refractivity contribution >= 4 is 5.91 Å². The molecule has 1 aliphatic rings. The van der Waals surface area contributed by atoms with E-state index in [-0.39, 0.29) is 18.1 Å². The summed E-state index contributed by atoms with van der Waals surface area (Å²) in [6, 6.07) is 11.7. The van der Waals surface area contributed by atoms with Crippen molar-refractivity contribution in [1.29, 1.82) is 0 Å². The first-order valence-corrected chi connectivity index (χ1v) is 8.77. The number of hydrogen-bond donors (Lipinski definition) is 1. The summed E-state index contributed by atoms with van der Waals surface area (Å²) >= 11 is 0. The van der Waals surface area contributed by atoms with E-state index in [1.807, 2.05) is 61.3 Å². The van der Waals surface area contributed by atoms with E-state index in [0.29, 0.717) is 18.7 Å². The first kappa shape index (κ1) is 17.6.